The fourth-order valence-corrected chi connectivity index (χ4v) is 5.85. The predicted octanol–water partition coefficient (Wildman–Crippen LogP) is 2.49. The topological polar surface area (TPSA) is 45.7 Å². The van der Waals surface area contributed by atoms with Gasteiger partial charge in [0.25, 0.3) is 5.91 Å². The van der Waals surface area contributed by atoms with Crippen molar-refractivity contribution in [1.29, 1.82) is 0 Å². The van der Waals surface area contributed by atoms with Crippen LogP contribution in [0.15, 0.2) is 24.3 Å². The lowest BCUT2D eigenvalue weighted by molar-refractivity contribution is -0.730. The van der Waals surface area contributed by atoms with Crippen molar-refractivity contribution in [2.45, 2.75) is 50.6 Å². The Morgan fingerprint density at radius 1 is 1.13 bits per heavy atom. The van der Waals surface area contributed by atoms with Gasteiger partial charge in [0, 0.05) is 30.8 Å². The summed E-state index contributed by atoms with van der Waals surface area (Å²) < 4.78 is 0. The number of hydrogen-bond donors (Lipinski definition) is 2. The molecule has 0 radical (unpaired) electrons. The van der Waals surface area contributed by atoms with Gasteiger partial charge in [-0.15, -0.1) is 0 Å². The number of halogens is 1. The third-order valence-electron chi connectivity index (χ3n) is 6.24. The average molecular weight is 334 g/mol. The van der Waals surface area contributed by atoms with E-state index in [1.807, 2.05) is 24.3 Å². The van der Waals surface area contributed by atoms with E-state index in [4.69, 9.17) is 11.6 Å². The Morgan fingerprint density at radius 2 is 1.74 bits per heavy atom. The third kappa shape index (κ3) is 3.27. The number of hydrogen-bond acceptors (Lipinski definition) is 1. The van der Waals surface area contributed by atoms with Crippen LogP contribution in [0.1, 0.15) is 44.1 Å². The third-order valence-corrected chi connectivity index (χ3v) is 6.61. The molecule has 23 heavy (non-hydrogen) atoms. The first-order valence-corrected chi connectivity index (χ1v) is 9.34. The van der Waals surface area contributed by atoms with Crippen molar-refractivity contribution in [3.63, 3.8) is 0 Å². The first-order chi connectivity index (χ1) is 11.1. The van der Waals surface area contributed by atoms with E-state index in [2.05, 4.69) is 10.6 Å². The fraction of sp³-hybridized carbons (Fsp3) is 0.632. The van der Waals surface area contributed by atoms with Crippen molar-refractivity contribution in [2.24, 2.45) is 17.8 Å². The van der Waals surface area contributed by atoms with Gasteiger partial charge in [0.2, 0.25) is 0 Å². The maximum atomic E-state index is 12.2. The van der Waals surface area contributed by atoms with Gasteiger partial charge >= 0.3 is 0 Å². The molecule has 4 aliphatic rings. The summed E-state index contributed by atoms with van der Waals surface area (Å²) in [5.41, 5.74) is 1.36. The molecule has 0 saturated heterocycles. The first-order valence-electron chi connectivity index (χ1n) is 8.96. The van der Waals surface area contributed by atoms with Crippen LogP contribution < -0.4 is 10.6 Å². The largest absolute Gasteiger partial charge is 0.347 e. The van der Waals surface area contributed by atoms with Crippen molar-refractivity contribution in [3.8, 4) is 0 Å². The van der Waals surface area contributed by atoms with Crippen LogP contribution in [0, 0.1) is 17.8 Å². The van der Waals surface area contributed by atoms with Gasteiger partial charge in [-0.2, -0.15) is 0 Å². The summed E-state index contributed by atoms with van der Waals surface area (Å²) in [7, 11) is 0. The molecule has 3 nitrogen and oxygen atoms in total. The summed E-state index contributed by atoms with van der Waals surface area (Å²) in [5, 5.41) is 6.10. The lowest BCUT2D eigenvalue weighted by atomic mass is 9.53. The number of carbonyl (C=O) groups excluding carboxylic acids is 1. The van der Waals surface area contributed by atoms with E-state index in [9.17, 15) is 4.79 Å². The molecule has 4 saturated carbocycles. The quantitative estimate of drug-likeness (QED) is 0.854. The summed E-state index contributed by atoms with van der Waals surface area (Å²) in [5.74, 6) is 2.93. The van der Waals surface area contributed by atoms with E-state index in [0.29, 0.717) is 18.6 Å². The molecule has 0 aromatic heterocycles. The van der Waals surface area contributed by atoms with Gasteiger partial charge in [-0.3, -0.25) is 4.79 Å². The number of benzene rings is 1. The molecule has 1 amide bonds. The zero-order chi connectivity index (χ0) is 15.9. The Labute approximate surface area is 143 Å². The SMILES string of the molecule is O=C(C[NH2+]C12CC3CC(CC(C3)C1)C2)NCc1ccccc1Cl. The summed E-state index contributed by atoms with van der Waals surface area (Å²) in [6.45, 7) is 1.07. The standard InChI is InChI=1S/C19H25ClN2O/c20-17-4-2-1-3-16(17)11-21-18(23)12-22-19-8-13-5-14(9-19)7-15(6-13)10-19/h1-4,13-15,22H,5-12H2,(H,21,23)/p+1. The lowest BCUT2D eigenvalue weighted by Crippen LogP contribution is -3.00. The minimum absolute atomic E-state index is 0.126. The van der Waals surface area contributed by atoms with E-state index < -0.39 is 0 Å². The maximum absolute atomic E-state index is 12.2. The van der Waals surface area contributed by atoms with Crippen LogP contribution in [-0.2, 0) is 11.3 Å². The van der Waals surface area contributed by atoms with Crippen LogP contribution in [-0.4, -0.2) is 18.0 Å². The van der Waals surface area contributed by atoms with Gasteiger partial charge < -0.3 is 10.6 Å². The Balaban J connectivity index is 1.29. The number of rotatable bonds is 5. The lowest BCUT2D eigenvalue weighted by Gasteiger charge is -2.54. The van der Waals surface area contributed by atoms with Gasteiger partial charge in [-0.25, -0.2) is 0 Å². The van der Waals surface area contributed by atoms with E-state index >= 15 is 0 Å². The van der Waals surface area contributed by atoms with Gasteiger partial charge in [-0.1, -0.05) is 29.8 Å². The number of quaternary nitrogens is 1. The van der Waals surface area contributed by atoms with Crippen LogP contribution in [0.3, 0.4) is 0 Å². The van der Waals surface area contributed by atoms with Gasteiger partial charge in [-0.05, 0) is 48.6 Å². The van der Waals surface area contributed by atoms with Crippen molar-refractivity contribution in [1.82, 2.24) is 5.32 Å². The second kappa shape index (κ2) is 6.10. The summed E-state index contributed by atoms with van der Waals surface area (Å²) in [6, 6.07) is 7.69. The molecule has 4 aliphatic carbocycles. The van der Waals surface area contributed by atoms with Crippen LogP contribution in [0.25, 0.3) is 0 Å². The van der Waals surface area contributed by atoms with E-state index in [1.165, 1.54) is 38.5 Å². The van der Waals surface area contributed by atoms with Gasteiger partial charge in [0.05, 0.1) is 5.54 Å². The van der Waals surface area contributed by atoms with Crippen LogP contribution in [0.4, 0.5) is 0 Å². The second-order valence-electron chi connectivity index (χ2n) is 8.06. The van der Waals surface area contributed by atoms with E-state index in [1.54, 1.807) is 0 Å². The molecule has 0 atom stereocenters. The highest BCUT2D eigenvalue weighted by Crippen LogP contribution is 2.54. The van der Waals surface area contributed by atoms with Gasteiger partial charge in [0.15, 0.2) is 6.54 Å². The van der Waals surface area contributed by atoms with Crippen molar-refractivity contribution < 1.29 is 10.1 Å². The van der Waals surface area contributed by atoms with Crippen molar-refractivity contribution >= 4 is 17.5 Å². The number of nitrogens with two attached hydrogens (primary N) is 1. The normalized spacial score (nSPS) is 34.6. The maximum Gasteiger partial charge on any atom is 0.275 e. The average Bonchev–Trinajstić information content (AvgIpc) is 2.51. The highest BCUT2D eigenvalue weighted by atomic mass is 35.5. The second-order valence-corrected chi connectivity index (χ2v) is 8.46. The molecular weight excluding hydrogens is 308 g/mol. The molecular formula is C19H26ClN2O+. The smallest absolute Gasteiger partial charge is 0.275 e. The molecule has 3 N–H and O–H groups in total. The molecule has 4 bridgehead atoms. The predicted molar refractivity (Wildman–Crippen MR) is 91.0 cm³/mol. The summed E-state index contributed by atoms with van der Waals surface area (Å²) in [4.78, 5) is 12.2. The van der Waals surface area contributed by atoms with Gasteiger partial charge in [0.1, 0.15) is 0 Å². The Bertz CT molecular complexity index is 566. The van der Waals surface area contributed by atoms with Crippen LogP contribution in [0.5, 0.6) is 0 Å². The monoisotopic (exact) mass is 333 g/mol. The van der Waals surface area contributed by atoms with Crippen LogP contribution in [0.2, 0.25) is 5.02 Å². The minimum Gasteiger partial charge on any atom is -0.347 e. The summed E-state index contributed by atoms with van der Waals surface area (Å²) in [6.07, 6.45) is 8.34. The van der Waals surface area contributed by atoms with Crippen molar-refractivity contribution in [2.75, 3.05) is 6.54 Å². The molecule has 1 aromatic rings. The minimum atomic E-state index is 0.126. The number of nitrogens with one attached hydrogen (secondary N) is 1. The zero-order valence-electron chi connectivity index (χ0n) is 13.6. The highest BCUT2D eigenvalue weighted by molar-refractivity contribution is 6.31. The number of carbonyl (C=O) groups is 1. The molecule has 124 valence electrons. The molecule has 4 fully saturated rings. The Hall–Kier alpha value is -1.06. The number of amides is 1. The zero-order valence-corrected chi connectivity index (χ0v) is 14.3. The van der Waals surface area contributed by atoms with Crippen molar-refractivity contribution in [3.05, 3.63) is 34.9 Å². The fourth-order valence-electron chi connectivity index (χ4n) is 5.64. The summed E-state index contributed by atoms with van der Waals surface area (Å²) >= 11 is 6.14. The molecule has 0 unspecified atom stereocenters. The van der Waals surface area contributed by atoms with Crippen LogP contribution >= 0.6 is 11.6 Å². The molecule has 0 spiro atoms. The Kier molecular flexibility index (Phi) is 4.10. The first kappa shape index (κ1) is 15.5. The van der Waals surface area contributed by atoms with E-state index in [0.717, 1.165) is 28.3 Å². The Morgan fingerprint density at radius 3 is 2.35 bits per heavy atom. The molecule has 5 rings (SSSR count). The highest BCUT2D eigenvalue weighted by Gasteiger charge is 2.53. The van der Waals surface area contributed by atoms with E-state index in [-0.39, 0.29) is 5.91 Å². The molecule has 0 heterocycles. The molecule has 0 aliphatic heterocycles. The molecule has 1 aromatic carbocycles. The molecule has 4 heteroatoms.